The van der Waals surface area contributed by atoms with Gasteiger partial charge in [-0.3, -0.25) is 4.79 Å². The molecule has 0 unspecified atom stereocenters. The van der Waals surface area contributed by atoms with E-state index in [0.717, 1.165) is 42.8 Å². The summed E-state index contributed by atoms with van der Waals surface area (Å²) < 4.78 is 30.3. The molecule has 1 fully saturated rings. The summed E-state index contributed by atoms with van der Waals surface area (Å²) in [6.45, 7) is 5.64. The monoisotopic (exact) mass is 483 g/mol. The number of carbonyl (C=O) groups excluding carboxylic acids is 1. The minimum atomic E-state index is -3.19. The Kier molecular flexibility index (Phi) is 7.64. The Morgan fingerprint density at radius 2 is 1.90 bits per heavy atom. The van der Waals surface area contributed by atoms with Gasteiger partial charge in [-0.1, -0.05) is 19.1 Å². The van der Waals surface area contributed by atoms with Gasteiger partial charge in [-0.2, -0.15) is 0 Å². The second-order valence-electron chi connectivity index (χ2n) is 8.31. The molecule has 3 heterocycles. The summed E-state index contributed by atoms with van der Waals surface area (Å²) >= 11 is 1.61. The summed E-state index contributed by atoms with van der Waals surface area (Å²) in [4.78, 5) is 15.3. The smallest absolute Gasteiger partial charge is 0.178 e. The molecule has 0 radical (unpaired) electrons. The number of rotatable bonds is 6. The van der Waals surface area contributed by atoms with Crippen molar-refractivity contribution in [3.05, 3.63) is 51.2 Å². The van der Waals surface area contributed by atoms with Gasteiger partial charge < -0.3 is 10.1 Å². The summed E-state index contributed by atoms with van der Waals surface area (Å²) in [7, 11) is -3.19. The van der Waals surface area contributed by atoms with E-state index in [4.69, 9.17) is 4.74 Å². The van der Waals surface area contributed by atoms with Gasteiger partial charge in [0, 0.05) is 11.3 Å². The summed E-state index contributed by atoms with van der Waals surface area (Å²) in [5.74, 6) is 0.240. The maximum absolute atomic E-state index is 12.9. The largest absolute Gasteiger partial charge is 0.366 e. The fraction of sp³-hybridized carbons (Fsp3) is 0.522. The van der Waals surface area contributed by atoms with Gasteiger partial charge in [0.1, 0.15) is 5.60 Å². The third-order valence-electron chi connectivity index (χ3n) is 6.15. The van der Waals surface area contributed by atoms with Crippen molar-refractivity contribution in [2.45, 2.75) is 62.6 Å². The van der Waals surface area contributed by atoms with Crippen LogP contribution in [0.3, 0.4) is 0 Å². The number of sulfone groups is 1. The van der Waals surface area contributed by atoms with Crippen LogP contribution in [0.15, 0.2) is 35.2 Å². The SMILES string of the molecule is CCS(=O)(=O)c1ccc(CCC(=O)c2cc3c(s2)C2(CCNCC2)O[C@@H](C)C3)cc1.Cl. The van der Waals surface area contributed by atoms with Crippen LogP contribution < -0.4 is 5.32 Å². The summed E-state index contributed by atoms with van der Waals surface area (Å²) in [6, 6.07) is 9.00. The van der Waals surface area contributed by atoms with Crippen molar-refractivity contribution in [2.75, 3.05) is 18.8 Å². The Morgan fingerprint density at radius 3 is 2.55 bits per heavy atom. The lowest BCUT2D eigenvalue weighted by molar-refractivity contribution is -0.117. The third-order valence-corrected chi connectivity index (χ3v) is 9.30. The highest BCUT2D eigenvalue weighted by atomic mass is 35.5. The fourth-order valence-corrected chi connectivity index (χ4v) is 6.71. The van der Waals surface area contributed by atoms with Crippen molar-refractivity contribution in [1.82, 2.24) is 5.32 Å². The summed E-state index contributed by atoms with van der Waals surface area (Å²) in [5, 5.41) is 3.41. The zero-order valence-corrected chi connectivity index (χ0v) is 20.4. The quantitative estimate of drug-likeness (QED) is 0.619. The second-order valence-corrected chi connectivity index (χ2v) is 11.6. The number of ketones is 1. The summed E-state index contributed by atoms with van der Waals surface area (Å²) in [5.41, 5.74) is 2.02. The normalized spacial score (nSPS) is 20.1. The van der Waals surface area contributed by atoms with Gasteiger partial charge >= 0.3 is 0 Å². The van der Waals surface area contributed by atoms with Crippen LogP contribution in [0, 0.1) is 0 Å². The van der Waals surface area contributed by atoms with Crippen LogP contribution in [-0.2, 0) is 33.0 Å². The number of carbonyl (C=O) groups is 1. The van der Waals surface area contributed by atoms with Crippen LogP contribution in [0.5, 0.6) is 0 Å². The highest BCUT2D eigenvalue weighted by Gasteiger charge is 2.43. The van der Waals surface area contributed by atoms with E-state index in [9.17, 15) is 13.2 Å². The van der Waals surface area contributed by atoms with Crippen molar-refractivity contribution in [3.63, 3.8) is 0 Å². The van der Waals surface area contributed by atoms with E-state index < -0.39 is 9.84 Å². The number of Topliss-reactive ketones (excluding diaryl/α,β-unsaturated/α-hetero) is 1. The molecular weight excluding hydrogens is 454 g/mol. The van der Waals surface area contributed by atoms with Crippen LogP contribution in [0.4, 0.5) is 0 Å². The van der Waals surface area contributed by atoms with Crippen LogP contribution in [0.25, 0.3) is 0 Å². The molecule has 1 aromatic heterocycles. The van der Waals surface area contributed by atoms with Gasteiger partial charge in [-0.05, 0) is 75.0 Å². The zero-order chi connectivity index (χ0) is 21.4. The minimum absolute atomic E-state index is 0. The standard InChI is InChI=1S/C23H29NO4S2.ClH/c1-3-30(26,27)19-7-4-17(5-8-19)6-9-20(25)21-15-18-14-16(2)28-23(22(18)29-21)10-12-24-13-11-23;/h4-5,7-8,15-16,24H,3,6,9-14H2,1-2H3;1H/t16-;/m0./s1. The first-order chi connectivity index (χ1) is 14.3. The predicted octanol–water partition coefficient (Wildman–Crippen LogP) is 4.32. The van der Waals surface area contributed by atoms with Crippen LogP contribution >= 0.6 is 23.7 Å². The molecule has 4 rings (SSSR count). The molecule has 1 saturated heterocycles. The van der Waals surface area contributed by atoms with Gasteiger partial charge in [-0.15, -0.1) is 23.7 Å². The van der Waals surface area contributed by atoms with E-state index in [2.05, 4.69) is 18.3 Å². The predicted molar refractivity (Wildman–Crippen MR) is 126 cm³/mol. The highest BCUT2D eigenvalue weighted by molar-refractivity contribution is 7.91. The summed E-state index contributed by atoms with van der Waals surface area (Å²) in [6.07, 6.45) is 3.96. The molecule has 31 heavy (non-hydrogen) atoms. The Bertz CT molecular complexity index is 1020. The first-order valence-electron chi connectivity index (χ1n) is 10.7. The molecule has 2 aromatic rings. The highest BCUT2D eigenvalue weighted by Crippen LogP contribution is 2.46. The molecule has 5 nitrogen and oxygen atoms in total. The molecule has 1 aromatic carbocycles. The lowest BCUT2D eigenvalue weighted by Gasteiger charge is -2.43. The van der Waals surface area contributed by atoms with Crippen LogP contribution in [-0.4, -0.2) is 39.1 Å². The Balaban J connectivity index is 0.00000272. The molecular formula is C23H30ClNO4S2. The molecule has 2 aliphatic heterocycles. The molecule has 8 heteroatoms. The molecule has 1 atom stereocenters. The third kappa shape index (κ3) is 5.06. The maximum Gasteiger partial charge on any atom is 0.178 e. The Morgan fingerprint density at radius 1 is 1.23 bits per heavy atom. The van der Waals surface area contributed by atoms with Crippen molar-refractivity contribution in [1.29, 1.82) is 0 Å². The Labute approximate surface area is 194 Å². The molecule has 0 bridgehead atoms. The number of ether oxygens (including phenoxy) is 1. The molecule has 0 saturated carbocycles. The fourth-order valence-electron chi connectivity index (χ4n) is 4.48. The van der Waals surface area contributed by atoms with E-state index >= 15 is 0 Å². The number of piperidine rings is 1. The van der Waals surface area contributed by atoms with E-state index in [1.165, 1.54) is 10.4 Å². The lowest BCUT2D eigenvalue weighted by atomic mass is 9.84. The second kappa shape index (κ2) is 9.71. The molecule has 0 aliphatic carbocycles. The average molecular weight is 484 g/mol. The topological polar surface area (TPSA) is 72.5 Å². The van der Waals surface area contributed by atoms with Crippen molar-refractivity contribution >= 4 is 39.4 Å². The van der Waals surface area contributed by atoms with Gasteiger partial charge in [0.2, 0.25) is 0 Å². The number of fused-ring (bicyclic) bond motifs is 2. The van der Waals surface area contributed by atoms with Gasteiger partial charge in [0.25, 0.3) is 0 Å². The zero-order valence-electron chi connectivity index (χ0n) is 18.0. The van der Waals surface area contributed by atoms with Crippen molar-refractivity contribution in [2.24, 2.45) is 0 Å². The van der Waals surface area contributed by atoms with E-state index in [1.807, 2.05) is 12.1 Å². The lowest BCUT2D eigenvalue weighted by Crippen LogP contribution is -2.46. The number of hydrogen-bond donors (Lipinski definition) is 1. The molecule has 2 aliphatic rings. The Hall–Kier alpha value is -1.25. The van der Waals surface area contributed by atoms with Crippen molar-refractivity contribution in [3.8, 4) is 0 Å². The average Bonchev–Trinajstić information content (AvgIpc) is 3.18. The van der Waals surface area contributed by atoms with Gasteiger partial charge in [0.05, 0.1) is 21.6 Å². The number of thiophene rings is 1. The maximum atomic E-state index is 12.9. The number of aryl methyl sites for hydroxylation is 1. The first-order valence-corrected chi connectivity index (χ1v) is 13.2. The van der Waals surface area contributed by atoms with Crippen LogP contribution in [0.2, 0.25) is 0 Å². The first kappa shape index (κ1) is 24.4. The van der Waals surface area contributed by atoms with E-state index in [0.29, 0.717) is 17.7 Å². The van der Waals surface area contributed by atoms with E-state index in [-0.39, 0.29) is 35.6 Å². The number of hydrogen-bond acceptors (Lipinski definition) is 6. The van der Waals surface area contributed by atoms with Crippen LogP contribution in [0.1, 0.15) is 58.8 Å². The molecule has 1 N–H and O–H groups in total. The van der Waals surface area contributed by atoms with Gasteiger partial charge in [0.15, 0.2) is 15.6 Å². The molecule has 170 valence electrons. The molecule has 1 spiro atoms. The van der Waals surface area contributed by atoms with Crippen molar-refractivity contribution < 1.29 is 17.9 Å². The number of halogens is 1. The minimum Gasteiger partial charge on any atom is -0.366 e. The van der Waals surface area contributed by atoms with Gasteiger partial charge in [-0.25, -0.2) is 8.42 Å². The van der Waals surface area contributed by atoms with E-state index in [1.54, 1.807) is 30.4 Å². The number of nitrogens with one attached hydrogen (secondary N) is 1. The molecule has 0 amide bonds. The number of benzene rings is 1.